The maximum atomic E-state index is 3.40. The van der Waals surface area contributed by atoms with Crippen molar-refractivity contribution < 1.29 is 0 Å². The summed E-state index contributed by atoms with van der Waals surface area (Å²) in [7, 11) is 0. The molecule has 52 valence electrons. The van der Waals surface area contributed by atoms with Crippen molar-refractivity contribution in [1.29, 1.82) is 0 Å². The Hall–Kier alpha value is -0.160. The van der Waals surface area contributed by atoms with Gasteiger partial charge >= 0.3 is 0 Å². The zero-order valence-electron chi connectivity index (χ0n) is 5.33. The number of nitrogens with one attached hydrogen (secondary N) is 4. The Morgan fingerprint density at radius 1 is 1.00 bits per heavy atom. The first-order valence-corrected chi connectivity index (χ1v) is 3.33. The molecule has 0 atom stereocenters. The van der Waals surface area contributed by atoms with E-state index in [4.69, 9.17) is 0 Å². The summed E-state index contributed by atoms with van der Waals surface area (Å²) in [5.41, 5.74) is 6.51. The first-order valence-electron chi connectivity index (χ1n) is 3.33. The monoisotopic (exact) mass is 128 g/mol. The molecule has 4 nitrogen and oxygen atoms in total. The van der Waals surface area contributed by atoms with E-state index in [1.165, 1.54) is 0 Å². The van der Waals surface area contributed by atoms with Gasteiger partial charge in [0.05, 0.1) is 5.54 Å². The molecule has 1 spiro atoms. The fourth-order valence-corrected chi connectivity index (χ4v) is 1.39. The molecule has 2 aliphatic rings. The second-order valence-electron chi connectivity index (χ2n) is 2.77. The molecule has 0 aromatic rings. The van der Waals surface area contributed by atoms with E-state index >= 15 is 0 Å². The second-order valence-corrected chi connectivity index (χ2v) is 2.77. The van der Waals surface area contributed by atoms with E-state index in [1.54, 1.807) is 0 Å². The molecule has 0 radical (unpaired) electrons. The second kappa shape index (κ2) is 1.91. The fraction of sp³-hybridized carbons (Fsp3) is 1.00. The van der Waals surface area contributed by atoms with Crippen LogP contribution < -0.4 is 21.5 Å². The van der Waals surface area contributed by atoms with Crippen molar-refractivity contribution in [3.05, 3.63) is 0 Å². The standard InChI is InChI=1S/C5H12N4/c1-5(7-4-6-1)2-8-9-3-5/h6-9H,1-4H2. The van der Waals surface area contributed by atoms with Crippen LogP contribution in [0, 0.1) is 0 Å². The smallest absolute Gasteiger partial charge is 0.0596 e. The van der Waals surface area contributed by atoms with Crippen molar-refractivity contribution >= 4 is 0 Å². The van der Waals surface area contributed by atoms with Gasteiger partial charge in [0.25, 0.3) is 0 Å². The maximum Gasteiger partial charge on any atom is 0.0596 e. The van der Waals surface area contributed by atoms with E-state index in [0.29, 0.717) is 5.54 Å². The topological polar surface area (TPSA) is 48.1 Å². The van der Waals surface area contributed by atoms with Crippen molar-refractivity contribution in [3.63, 3.8) is 0 Å². The summed E-state index contributed by atoms with van der Waals surface area (Å²) in [4.78, 5) is 0. The van der Waals surface area contributed by atoms with Gasteiger partial charge in [0.2, 0.25) is 0 Å². The minimum absolute atomic E-state index is 0.306. The Morgan fingerprint density at radius 3 is 2.33 bits per heavy atom. The summed E-state index contributed by atoms with van der Waals surface area (Å²) in [5, 5.41) is 6.66. The predicted molar refractivity (Wildman–Crippen MR) is 34.7 cm³/mol. The van der Waals surface area contributed by atoms with Gasteiger partial charge < -0.3 is 5.32 Å². The average molecular weight is 128 g/mol. The van der Waals surface area contributed by atoms with Crippen LogP contribution in [0.5, 0.6) is 0 Å². The number of hydrazine groups is 1. The molecule has 2 aliphatic heterocycles. The molecular formula is C5H12N4. The van der Waals surface area contributed by atoms with Gasteiger partial charge in [-0.25, -0.2) is 0 Å². The van der Waals surface area contributed by atoms with Crippen LogP contribution in [0.1, 0.15) is 0 Å². The van der Waals surface area contributed by atoms with E-state index in [2.05, 4.69) is 21.5 Å². The molecule has 0 aromatic carbocycles. The lowest BCUT2D eigenvalue weighted by Gasteiger charge is -2.18. The van der Waals surface area contributed by atoms with Gasteiger partial charge in [0.15, 0.2) is 0 Å². The lowest BCUT2D eigenvalue weighted by molar-refractivity contribution is 0.461. The molecule has 0 unspecified atom stereocenters. The first kappa shape index (κ1) is 5.61. The van der Waals surface area contributed by atoms with Crippen LogP contribution >= 0.6 is 0 Å². The van der Waals surface area contributed by atoms with Gasteiger partial charge in [-0.3, -0.25) is 16.2 Å². The summed E-state index contributed by atoms with van der Waals surface area (Å²) in [6.07, 6.45) is 0. The lowest BCUT2D eigenvalue weighted by atomic mass is 10.0. The van der Waals surface area contributed by atoms with Crippen LogP contribution in [0.25, 0.3) is 0 Å². The van der Waals surface area contributed by atoms with Gasteiger partial charge in [-0.05, 0) is 0 Å². The Morgan fingerprint density at radius 2 is 1.78 bits per heavy atom. The molecule has 2 fully saturated rings. The number of rotatable bonds is 0. The highest BCUT2D eigenvalue weighted by Gasteiger charge is 2.35. The molecule has 4 N–H and O–H groups in total. The Balaban J connectivity index is 2.04. The minimum atomic E-state index is 0.306. The quantitative estimate of drug-likeness (QED) is 0.304. The Kier molecular flexibility index (Phi) is 1.19. The Bertz CT molecular complexity index is 84.0. The molecule has 0 saturated carbocycles. The molecule has 2 rings (SSSR count). The third kappa shape index (κ3) is 0.840. The van der Waals surface area contributed by atoms with Crippen LogP contribution in [-0.2, 0) is 0 Å². The van der Waals surface area contributed by atoms with E-state index in [1.807, 2.05) is 0 Å². The van der Waals surface area contributed by atoms with Crippen molar-refractivity contribution in [2.45, 2.75) is 5.54 Å². The third-order valence-corrected chi connectivity index (χ3v) is 2.03. The zero-order valence-corrected chi connectivity index (χ0v) is 5.33. The summed E-state index contributed by atoms with van der Waals surface area (Å²) in [6.45, 7) is 4.08. The summed E-state index contributed by atoms with van der Waals surface area (Å²) in [5.74, 6) is 0. The Labute approximate surface area is 54.4 Å². The van der Waals surface area contributed by atoms with Crippen LogP contribution in [0.4, 0.5) is 0 Å². The third-order valence-electron chi connectivity index (χ3n) is 2.03. The van der Waals surface area contributed by atoms with Gasteiger partial charge in [-0.2, -0.15) is 0 Å². The molecular weight excluding hydrogens is 116 g/mol. The average Bonchev–Trinajstić information content (AvgIpc) is 2.45. The van der Waals surface area contributed by atoms with Gasteiger partial charge in [-0.1, -0.05) is 0 Å². The van der Waals surface area contributed by atoms with Gasteiger partial charge in [-0.15, -0.1) is 0 Å². The van der Waals surface area contributed by atoms with Gasteiger partial charge in [0, 0.05) is 26.3 Å². The molecule has 4 heteroatoms. The SMILES string of the molecule is C1NCC2(CNNC2)N1. The van der Waals surface area contributed by atoms with Gasteiger partial charge in [0.1, 0.15) is 0 Å². The molecule has 2 saturated heterocycles. The van der Waals surface area contributed by atoms with E-state index < -0.39 is 0 Å². The largest absolute Gasteiger partial charge is 0.303 e. The first-order chi connectivity index (χ1) is 4.41. The van der Waals surface area contributed by atoms with Crippen molar-refractivity contribution in [3.8, 4) is 0 Å². The highest BCUT2D eigenvalue weighted by molar-refractivity contribution is 5.00. The van der Waals surface area contributed by atoms with E-state index in [9.17, 15) is 0 Å². The van der Waals surface area contributed by atoms with E-state index in [-0.39, 0.29) is 0 Å². The highest BCUT2D eigenvalue weighted by atomic mass is 15.4. The maximum absolute atomic E-state index is 3.40. The zero-order chi connectivity index (χ0) is 6.16. The molecule has 0 aliphatic carbocycles. The summed E-state index contributed by atoms with van der Waals surface area (Å²) < 4.78 is 0. The fourth-order valence-electron chi connectivity index (χ4n) is 1.39. The summed E-state index contributed by atoms with van der Waals surface area (Å²) >= 11 is 0. The molecule has 9 heavy (non-hydrogen) atoms. The van der Waals surface area contributed by atoms with Crippen molar-refractivity contribution in [2.24, 2.45) is 0 Å². The van der Waals surface area contributed by atoms with Crippen LogP contribution in [-0.4, -0.2) is 31.8 Å². The minimum Gasteiger partial charge on any atom is -0.303 e. The predicted octanol–water partition coefficient (Wildman–Crippen LogP) is -2.02. The molecule has 2 heterocycles. The van der Waals surface area contributed by atoms with Crippen LogP contribution in [0.15, 0.2) is 0 Å². The van der Waals surface area contributed by atoms with Crippen LogP contribution in [0.3, 0.4) is 0 Å². The molecule has 0 amide bonds. The normalized spacial score (nSPS) is 32.0. The number of hydrogen-bond acceptors (Lipinski definition) is 4. The lowest BCUT2D eigenvalue weighted by Crippen LogP contribution is -2.47. The molecule has 0 bridgehead atoms. The number of hydrogen-bond donors (Lipinski definition) is 4. The van der Waals surface area contributed by atoms with Crippen LogP contribution in [0.2, 0.25) is 0 Å². The summed E-state index contributed by atoms with van der Waals surface area (Å²) in [6, 6.07) is 0. The van der Waals surface area contributed by atoms with E-state index in [0.717, 1.165) is 26.3 Å². The van der Waals surface area contributed by atoms with Crippen molar-refractivity contribution in [1.82, 2.24) is 21.5 Å². The molecule has 0 aromatic heterocycles. The van der Waals surface area contributed by atoms with Crippen molar-refractivity contribution in [2.75, 3.05) is 26.3 Å². The highest BCUT2D eigenvalue weighted by Crippen LogP contribution is 2.07.